The number of amides is 4. The van der Waals surface area contributed by atoms with E-state index in [0.29, 0.717) is 22.0 Å². The summed E-state index contributed by atoms with van der Waals surface area (Å²) in [5.41, 5.74) is 1.37. The number of carbonyl (C=O) groups excluding carboxylic acids is 3. The lowest BCUT2D eigenvalue weighted by atomic mass is 10.1. The van der Waals surface area contributed by atoms with Gasteiger partial charge in [0.05, 0.1) is 10.7 Å². The summed E-state index contributed by atoms with van der Waals surface area (Å²) in [4.78, 5) is 36.1. The quantitative estimate of drug-likeness (QED) is 0.472. The van der Waals surface area contributed by atoms with Crippen LogP contribution in [0.4, 0.5) is 16.2 Å². The number of anilines is 2. The third-order valence-electron chi connectivity index (χ3n) is 3.66. The molecule has 0 heterocycles. The van der Waals surface area contributed by atoms with Crippen molar-refractivity contribution in [3.05, 3.63) is 57.5 Å². The van der Waals surface area contributed by atoms with Crippen LogP contribution in [-0.2, 0) is 4.79 Å². The van der Waals surface area contributed by atoms with Crippen LogP contribution in [0.5, 0.6) is 0 Å². The molecule has 0 aliphatic carbocycles. The van der Waals surface area contributed by atoms with Gasteiger partial charge in [-0.15, -0.1) is 0 Å². The fourth-order valence-electron chi connectivity index (χ4n) is 2.32. The zero-order valence-electron chi connectivity index (χ0n) is 16.0. The summed E-state index contributed by atoms with van der Waals surface area (Å²) < 4.78 is 0.907. The van der Waals surface area contributed by atoms with E-state index in [1.165, 1.54) is 6.07 Å². The third-order valence-corrected chi connectivity index (χ3v) is 4.52. The van der Waals surface area contributed by atoms with Crippen LogP contribution in [0.1, 0.15) is 30.6 Å². The van der Waals surface area contributed by atoms with E-state index in [1.54, 1.807) is 24.3 Å². The van der Waals surface area contributed by atoms with Gasteiger partial charge in [0.25, 0.3) is 5.91 Å². The van der Waals surface area contributed by atoms with E-state index in [9.17, 15) is 14.4 Å². The smallest absolute Gasteiger partial charge is 0.319 e. The summed E-state index contributed by atoms with van der Waals surface area (Å²) >= 11 is 9.43. The molecule has 2 rings (SSSR count). The fraction of sp³-hybridized carbons (Fsp3) is 0.250. The van der Waals surface area contributed by atoms with E-state index in [-0.39, 0.29) is 30.8 Å². The lowest BCUT2D eigenvalue weighted by molar-refractivity contribution is -0.116. The van der Waals surface area contributed by atoms with E-state index in [2.05, 4.69) is 37.2 Å². The van der Waals surface area contributed by atoms with E-state index >= 15 is 0 Å². The Bertz CT molecular complexity index is 888. The maximum Gasteiger partial charge on any atom is 0.319 e. The van der Waals surface area contributed by atoms with Gasteiger partial charge in [-0.3, -0.25) is 9.59 Å². The number of hydrogen-bond donors (Lipinski definition) is 4. The SMILES string of the molecule is CC(C)NC(=O)c1ccc(Cl)c(NC(=O)CCNC(=O)Nc2ccc(Br)cc2)c1. The van der Waals surface area contributed by atoms with Crippen LogP contribution >= 0.6 is 27.5 Å². The minimum absolute atomic E-state index is 0.00847. The first-order chi connectivity index (χ1) is 13.7. The average molecular weight is 482 g/mol. The van der Waals surface area contributed by atoms with Crippen molar-refractivity contribution in [1.82, 2.24) is 10.6 Å². The van der Waals surface area contributed by atoms with Gasteiger partial charge < -0.3 is 21.3 Å². The van der Waals surface area contributed by atoms with Gasteiger partial charge in [-0.2, -0.15) is 0 Å². The summed E-state index contributed by atoms with van der Waals surface area (Å²) in [5, 5.41) is 11.0. The molecule has 0 radical (unpaired) electrons. The summed E-state index contributed by atoms with van der Waals surface area (Å²) in [6, 6.07) is 11.4. The van der Waals surface area contributed by atoms with Crippen LogP contribution in [-0.4, -0.2) is 30.4 Å². The van der Waals surface area contributed by atoms with Crippen molar-refractivity contribution < 1.29 is 14.4 Å². The Hall–Kier alpha value is -2.58. The molecule has 4 amide bonds. The standard InChI is InChI=1S/C20H22BrClN4O3/c1-12(2)24-19(28)13-3-8-16(22)17(11-13)26-18(27)9-10-23-20(29)25-15-6-4-14(21)5-7-15/h3-8,11-12H,9-10H2,1-2H3,(H,24,28)(H,26,27)(H2,23,25,29). The maximum atomic E-state index is 12.2. The monoisotopic (exact) mass is 480 g/mol. The molecule has 0 saturated carbocycles. The van der Waals surface area contributed by atoms with Gasteiger partial charge in [0.2, 0.25) is 5.91 Å². The normalized spacial score (nSPS) is 10.4. The first-order valence-electron chi connectivity index (χ1n) is 8.95. The van der Waals surface area contributed by atoms with Gasteiger partial charge in [0, 0.05) is 34.7 Å². The van der Waals surface area contributed by atoms with Crippen molar-refractivity contribution in [2.24, 2.45) is 0 Å². The highest BCUT2D eigenvalue weighted by Crippen LogP contribution is 2.23. The summed E-state index contributed by atoms with van der Waals surface area (Å²) in [6.45, 7) is 3.85. The van der Waals surface area contributed by atoms with Gasteiger partial charge in [-0.1, -0.05) is 27.5 Å². The number of halogens is 2. The topological polar surface area (TPSA) is 99.3 Å². The highest BCUT2D eigenvalue weighted by Gasteiger charge is 2.12. The predicted molar refractivity (Wildman–Crippen MR) is 118 cm³/mol. The molecule has 2 aromatic carbocycles. The van der Waals surface area contributed by atoms with Crippen LogP contribution in [0.25, 0.3) is 0 Å². The van der Waals surface area contributed by atoms with Gasteiger partial charge in [-0.25, -0.2) is 4.79 Å². The molecule has 2 aromatic rings. The number of rotatable bonds is 7. The van der Waals surface area contributed by atoms with Crippen molar-refractivity contribution in [1.29, 1.82) is 0 Å². The average Bonchev–Trinajstić information content (AvgIpc) is 2.64. The highest BCUT2D eigenvalue weighted by molar-refractivity contribution is 9.10. The largest absolute Gasteiger partial charge is 0.350 e. The molecule has 7 nitrogen and oxygen atoms in total. The Balaban J connectivity index is 1.83. The Kier molecular flexibility index (Phi) is 8.48. The predicted octanol–water partition coefficient (Wildman–Crippen LogP) is 4.39. The van der Waals surface area contributed by atoms with Crippen LogP contribution in [0.3, 0.4) is 0 Å². The molecule has 4 N–H and O–H groups in total. The highest BCUT2D eigenvalue weighted by atomic mass is 79.9. The molecule has 0 bridgehead atoms. The van der Waals surface area contributed by atoms with Crippen molar-refractivity contribution in [3.8, 4) is 0 Å². The fourth-order valence-corrected chi connectivity index (χ4v) is 2.75. The second kappa shape index (κ2) is 10.8. The second-order valence-electron chi connectivity index (χ2n) is 6.51. The van der Waals surface area contributed by atoms with Crippen molar-refractivity contribution in [3.63, 3.8) is 0 Å². The van der Waals surface area contributed by atoms with Gasteiger partial charge >= 0.3 is 6.03 Å². The molecule has 0 fully saturated rings. The van der Waals surface area contributed by atoms with E-state index in [4.69, 9.17) is 11.6 Å². The maximum absolute atomic E-state index is 12.2. The van der Waals surface area contributed by atoms with Crippen LogP contribution in [0, 0.1) is 0 Å². The van der Waals surface area contributed by atoms with E-state index in [1.807, 2.05) is 26.0 Å². The summed E-state index contributed by atoms with van der Waals surface area (Å²) in [6.07, 6.45) is 0.0481. The molecule has 9 heteroatoms. The number of benzene rings is 2. The van der Waals surface area contributed by atoms with Crippen molar-refractivity contribution >= 4 is 56.8 Å². The number of carbonyl (C=O) groups is 3. The molecule has 0 unspecified atom stereocenters. The van der Waals surface area contributed by atoms with Crippen LogP contribution in [0.2, 0.25) is 5.02 Å². The molecule has 29 heavy (non-hydrogen) atoms. The first-order valence-corrected chi connectivity index (χ1v) is 10.1. The molecule has 0 saturated heterocycles. The van der Waals surface area contributed by atoms with Crippen molar-refractivity contribution in [2.45, 2.75) is 26.3 Å². The molecule has 0 atom stereocenters. The molecule has 0 aromatic heterocycles. The lowest BCUT2D eigenvalue weighted by Gasteiger charge is -2.12. The number of urea groups is 1. The second-order valence-corrected chi connectivity index (χ2v) is 7.83. The van der Waals surface area contributed by atoms with Gasteiger partial charge in [0.15, 0.2) is 0 Å². The molecule has 0 spiro atoms. The first kappa shape index (κ1) is 22.7. The van der Waals surface area contributed by atoms with Crippen molar-refractivity contribution in [2.75, 3.05) is 17.2 Å². The molecule has 154 valence electrons. The molecule has 0 aliphatic heterocycles. The zero-order valence-corrected chi connectivity index (χ0v) is 18.4. The Morgan fingerprint density at radius 1 is 1.03 bits per heavy atom. The Morgan fingerprint density at radius 3 is 2.38 bits per heavy atom. The van der Waals surface area contributed by atoms with Gasteiger partial charge in [0.1, 0.15) is 0 Å². The minimum Gasteiger partial charge on any atom is -0.350 e. The van der Waals surface area contributed by atoms with E-state index < -0.39 is 6.03 Å². The zero-order chi connectivity index (χ0) is 21.4. The number of nitrogens with one attached hydrogen (secondary N) is 4. The van der Waals surface area contributed by atoms with Gasteiger partial charge in [-0.05, 0) is 56.3 Å². The summed E-state index contributed by atoms with van der Waals surface area (Å²) in [5.74, 6) is -0.587. The lowest BCUT2D eigenvalue weighted by Crippen LogP contribution is -2.31. The summed E-state index contributed by atoms with van der Waals surface area (Å²) in [7, 11) is 0. The Morgan fingerprint density at radius 2 is 1.72 bits per heavy atom. The minimum atomic E-state index is -0.412. The van der Waals surface area contributed by atoms with Crippen LogP contribution in [0.15, 0.2) is 46.9 Å². The molecular formula is C20H22BrClN4O3. The van der Waals surface area contributed by atoms with Crippen LogP contribution < -0.4 is 21.3 Å². The Labute approximate surface area is 182 Å². The molecule has 0 aliphatic rings. The van der Waals surface area contributed by atoms with E-state index in [0.717, 1.165) is 4.47 Å². The molecular weight excluding hydrogens is 460 g/mol. The number of hydrogen-bond acceptors (Lipinski definition) is 3. The third kappa shape index (κ3) is 7.75.